The molecule has 6 nitrogen and oxygen atoms in total. The van der Waals surface area contributed by atoms with E-state index in [9.17, 15) is 9.18 Å². The van der Waals surface area contributed by atoms with Crippen LogP contribution in [0.3, 0.4) is 0 Å². The third kappa shape index (κ3) is 2.92. The van der Waals surface area contributed by atoms with Gasteiger partial charge in [-0.15, -0.1) is 0 Å². The Balaban J connectivity index is 1.35. The van der Waals surface area contributed by atoms with Crippen LogP contribution in [0.4, 0.5) is 4.39 Å². The van der Waals surface area contributed by atoms with Crippen molar-refractivity contribution in [3.63, 3.8) is 0 Å². The molecule has 1 aromatic carbocycles. The van der Waals surface area contributed by atoms with Crippen molar-refractivity contribution in [2.45, 2.75) is 24.9 Å². The molecule has 1 aliphatic rings. The molecule has 2 heterocycles. The summed E-state index contributed by atoms with van der Waals surface area (Å²) < 4.78 is 23.6. The van der Waals surface area contributed by atoms with Gasteiger partial charge in [0.15, 0.2) is 5.76 Å². The number of aromatic nitrogens is 3. The van der Waals surface area contributed by atoms with Crippen LogP contribution in [0.5, 0.6) is 6.01 Å². The maximum absolute atomic E-state index is 12.9. The first kappa shape index (κ1) is 14.6. The number of halogens is 1. The molecule has 24 heavy (non-hydrogen) atoms. The first-order valence-electron chi connectivity index (χ1n) is 7.60. The average molecular weight is 327 g/mol. The quantitative estimate of drug-likeness (QED) is 0.797. The Morgan fingerprint density at radius 1 is 1.17 bits per heavy atom. The molecule has 1 aliphatic carbocycles. The zero-order chi connectivity index (χ0) is 16.5. The molecule has 122 valence electrons. The molecule has 4 rings (SSSR count). The molecular weight excluding hydrogens is 313 g/mol. The van der Waals surface area contributed by atoms with Gasteiger partial charge in [0.1, 0.15) is 11.9 Å². The molecule has 0 saturated heterocycles. The van der Waals surface area contributed by atoms with E-state index in [4.69, 9.17) is 9.26 Å². The molecular formula is C17H14FN3O3. The van der Waals surface area contributed by atoms with Crippen molar-refractivity contribution in [2.75, 3.05) is 0 Å². The van der Waals surface area contributed by atoms with Gasteiger partial charge < -0.3 is 9.26 Å². The van der Waals surface area contributed by atoms with Crippen molar-refractivity contribution in [3.8, 4) is 17.3 Å². The van der Waals surface area contributed by atoms with Gasteiger partial charge in [-0.2, -0.15) is 5.16 Å². The predicted molar refractivity (Wildman–Crippen MR) is 83.1 cm³/mol. The maximum atomic E-state index is 12.9. The molecule has 0 unspecified atom stereocenters. The molecule has 1 N–H and O–H groups in total. The van der Waals surface area contributed by atoms with Gasteiger partial charge in [0, 0.05) is 12.4 Å². The van der Waals surface area contributed by atoms with E-state index in [2.05, 4.69) is 15.1 Å². The molecule has 0 bridgehead atoms. The normalized spacial score (nSPS) is 19.7. The van der Waals surface area contributed by atoms with Gasteiger partial charge in [0.25, 0.3) is 5.56 Å². The fourth-order valence-electron chi connectivity index (χ4n) is 2.75. The number of benzene rings is 1. The Morgan fingerprint density at radius 3 is 2.50 bits per heavy atom. The number of hydrogen-bond donors (Lipinski definition) is 1. The molecule has 0 amide bonds. The van der Waals surface area contributed by atoms with Gasteiger partial charge in [-0.05, 0) is 36.5 Å². The zero-order valence-electron chi connectivity index (χ0n) is 12.6. The number of rotatable bonds is 4. The molecule has 0 aliphatic heterocycles. The van der Waals surface area contributed by atoms with Crippen LogP contribution in [0.25, 0.3) is 11.3 Å². The second kappa shape index (κ2) is 5.92. The summed E-state index contributed by atoms with van der Waals surface area (Å²) >= 11 is 0. The molecule has 1 fully saturated rings. The SMILES string of the molecule is O=c1cc(-c2cnc(OC3CC(c4ccc(F)cc4)C3)nc2)o[nH]1. The molecule has 0 radical (unpaired) electrons. The van der Waals surface area contributed by atoms with E-state index in [-0.39, 0.29) is 17.5 Å². The Labute approximate surface area is 136 Å². The van der Waals surface area contributed by atoms with Gasteiger partial charge in [-0.3, -0.25) is 4.79 Å². The lowest BCUT2D eigenvalue weighted by Gasteiger charge is -2.34. The van der Waals surface area contributed by atoms with Crippen LogP contribution < -0.4 is 10.3 Å². The fourth-order valence-corrected chi connectivity index (χ4v) is 2.75. The van der Waals surface area contributed by atoms with Crippen molar-refractivity contribution >= 4 is 0 Å². The van der Waals surface area contributed by atoms with E-state index in [1.807, 2.05) is 12.1 Å². The summed E-state index contributed by atoms with van der Waals surface area (Å²) in [4.78, 5) is 19.3. The van der Waals surface area contributed by atoms with Crippen LogP contribution in [0, 0.1) is 5.82 Å². The summed E-state index contributed by atoms with van der Waals surface area (Å²) in [5, 5.41) is 2.22. The standard InChI is InChI=1S/C17H14FN3O3/c18-13-3-1-10(2-4-13)11-5-14(6-11)23-17-19-8-12(9-20-17)15-7-16(22)21-24-15/h1-4,7-9,11,14H,5-6H2,(H,21,22). The van der Waals surface area contributed by atoms with E-state index in [1.54, 1.807) is 12.4 Å². The first-order chi connectivity index (χ1) is 11.7. The number of ether oxygens (including phenoxy) is 1. The average Bonchev–Trinajstić information content (AvgIpc) is 2.99. The second-order valence-electron chi connectivity index (χ2n) is 5.79. The van der Waals surface area contributed by atoms with E-state index in [1.165, 1.54) is 18.2 Å². The van der Waals surface area contributed by atoms with Crippen LogP contribution in [-0.2, 0) is 0 Å². The van der Waals surface area contributed by atoms with Crippen molar-refractivity contribution in [3.05, 3.63) is 64.5 Å². The number of hydrogen-bond acceptors (Lipinski definition) is 5. The van der Waals surface area contributed by atoms with Gasteiger partial charge >= 0.3 is 6.01 Å². The highest BCUT2D eigenvalue weighted by Gasteiger charge is 2.32. The predicted octanol–water partition coefficient (Wildman–Crippen LogP) is 2.89. The minimum atomic E-state index is -0.313. The Kier molecular flexibility index (Phi) is 3.60. The van der Waals surface area contributed by atoms with Gasteiger partial charge in [-0.1, -0.05) is 12.1 Å². The van der Waals surface area contributed by atoms with E-state index in [0.29, 0.717) is 23.3 Å². The first-order valence-corrected chi connectivity index (χ1v) is 7.60. The van der Waals surface area contributed by atoms with Gasteiger partial charge in [-0.25, -0.2) is 14.4 Å². The lowest BCUT2D eigenvalue weighted by molar-refractivity contribution is 0.0881. The van der Waals surface area contributed by atoms with Crippen LogP contribution in [0.1, 0.15) is 24.3 Å². The summed E-state index contributed by atoms with van der Waals surface area (Å²) in [6.07, 6.45) is 4.85. The van der Waals surface area contributed by atoms with Crippen molar-refractivity contribution in [1.29, 1.82) is 0 Å². The molecule has 2 aromatic heterocycles. The fraction of sp³-hybridized carbons (Fsp3) is 0.235. The van der Waals surface area contributed by atoms with E-state index in [0.717, 1.165) is 18.4 Å². The molecule has 0 atom stereocenters. The van der Waals surface area contributed by atoms with Crippen LogP contribution in [-0.4, -0.2) is 21.2 Å². The van der Waals surface area contributed by atoms with E-state index >= 15 is 0 Å². The Bertz CT molecular complexity index is 880. The van der Waals surface area contributed by atoms with Crippen LogP contribution in [0.15, 0.2) is 52.0 Å². The minimum absolute atomic E-state index is 0.0519. The van der Waals surface area contributed by atoms with Gasteiger partial charge in [0.05, 0.1) is 11.6 Å². The zero-order valence-corrected chi connectivity index (χ0v) is 12.6. The highest BCUT2D eigenvalue weighted by atomic mass is 19.1. The van der Waals surface area contributed by atoms with Crippen LogP contribution >= 0.6 is 0 Å². The van der Waals surface area contributed by atoms with Crippen molar-refractivity contribution in [1.82, 2.24) is 15.1 Å². The molecule has 1 saturated carbocycles. The number of nitrogens with zero attached hydrogens (tertiary/aromatic N) is 2. The van der Waals surface area contributed by atoms with Crippen LogP contribution in [0.2, 0.25) is 0 Å². The summed E-state index contributed by atoms with van der Waals surface area (Å²) in [5.74, 6) is 0.535. The third-order valence-corrected chi connectivity index (χ3v) is 4.14. The van der Waals surface area contributed by atoms with Crippen molar-refractivity contribution < 1.29 is 13.7 Å². The second-order valence-corrected chi connectivity index (χ2v) is 5.79. The Morgan fingerprint density at radius 2 is 1.88 bits per heavy atom. The highest BCUT2D eigenvalue weighted by Crippen LogP contribution is 2.38. The maximum Gasteiger partial charge on any atom is 0.316 e. The topological polar surface area (TPSA) is 81.0 Å². The largest absolute Gasteiger partial charge is 0.460 e. The lowest BCUT2D eigenvalue weighted by Crippen LogP contribution is -2.32. The molecule has 0 spiro atoms. The number of H-pyrrole nitrogens is 1. The van der Waals surface area contributed by atoms with Crippen molar-refractivity contribution in [2.24, 2.45) is 0 Å². The lowest BCUT2D eigenvalue weighted by atomic mass is 9.77. The minimum Gasteiger partial charge on any atom is -0.460 e. The number of nitrogens with one attached hydrogen (secondary N) is 1. The van der Waals surface area contributed by atoms with E-state index < -0.39 is 0 Å². The highest BCUT2D eigenvalue weighted by molar-refractivity contribution is 5.53. The number of aromatic amines is 1. The summed E-state index contributed by atoms with van der Waals surface area (Å²) in [6, 6.07) is 8.20. The van der Waals surface area contributed by atoms with Gasteiger partial charge in [0.2, 0.25) is 0 Å². The Hall–Kier alpha value is -2.96. The molecule has 3 aromatic rings. The summed E-state index contributed by atoms with van der Waals surface area (Å²) in [5.41, 5.74) is 1.40. The summed E-state index contributed by atoms with van der Waals surface area (Å²) in [7, 11) is 0. The smallest absolute Gasteiger partial charge is 0.316 e. The monoisotopic (exact) mass is 327 g/mol. The molecule has 7 heteroatoms. The summed E-state index contributed by atoms with van der Waals surface area (Å²) in [6.45, 7) is 0. The third-order valence-electron chi connectivity index (χ3n) is 4.14.